The van der Waals surface area contributed by atoms with E-state index in [1.165, 1.54) is 0 Å². The number of nitrogens with zero attached hydrogens (tertiary/aromatic N) is 2. The second-order valence-electron chi connectivity index (χ2n) is 2.04. The van der Waals surface area contributed by atoms with E-state index in [-0.39, 0.29) is 0 Å². The van der Waals surface area contributed by atoms with Crippen LogP contribution in [0.5, 0.6) is 0 Å². The predicted molar refractivity (Wildman–Crippen MR) is 40.4 cm³/mol. The summed E-state index contributed by atoms with van der Waals surface area (Å²) in [6, 6.07) is 3.83. The van der Waals surface area contributed by atoms with E-state index in [2.05, 4.69) is 0 Å². The number of hydrogen-bond acceptors (Lipinski definition) is 1. The summed E-state index contributed by atoms with van der Waals surface area (Å²) in [5.74, 6) is 0. The third-order valence-electron chi connectivity index (χ3n) is 1.12. The van der Waals surface area contributed by atoms with Crippen LogP contribution in [0.15, 0.2) is 23.4 Å². The summed E-state index contributed by atoms with van der Waals surface area (Å²) in [5.41, 5.74) is 0. The second kappa shape index (κ2) is 2.27. The monoisotopic (exact) mass is 141 g/mol. The van der Waals surface area contributed by atoms with Crippen molar-refractivity contribution >= 4 is 12.6 Å². The molecule has 0 aromatic carbocycles. The molecule has 0 fully saturated rings. The Morgan fingerprint density at radius 3 is 2.44 bits per heavy atom. The van der Waals surface area contributed by atoms with Crippen molar-refractivity contribution < 1.29 is 0 Å². The highest BCUT2D eigenvalue weighted by Crippen LogP contribution is 2.04. The minimum atomic E-state index is 0.847. The summed E-state index contributed by atoms with van der Waals surface area (Å²) >= 11 is 4.98. The maximum atomic E-state index is 4.98. The lowest BCUT2D eigenvalue weighted by atomic mass is 10.7. The minimum absolute atomic E-state index is 0.847. The average Bonchev–Trinajstić information content (AvgIpc) is 2.13. The van der Waals surface area contributed by atoms with Gasteiger partial charge in [-0.3, -0.25) is 4.68 Å². The van der Waals surface area contributed by atoms with Crippen molar-refractivity contribution in [1.82, 2.24) is 4.68 Å². The second-order valence-corrected chi connectivity index (χ2v) is 2.46. The highest BCUT2D eigenvalue weighted by molar-refractivity contribution is 7.80. The van der Waals surface area contributed by atoms with Crippen LogP contribution in [0.4, 0.5) is 0 Å². The molecule has 9 heavy (non-hydrogen) atoms. The average molecular weight is 141 g/mol. The summed E-state index contributed by atoms with van der Waals surface area (Å²) in [4.78, 5) is 0. The zero-order valence-corrected chi connectivity index (χ0v) is 6.35. The van der Waals surface area contributed by atoms with Crippen LogP contribution in [0, 0.1) is 0 Å². The molecule has 0 aliphatic carbocycles. The Balaban J connectivity index is 2.94. The lowest BCUT2D eigenvalue weighted by Gasteiger charge is -2.14. The first-order chi connectivity index (χ1) is 4.22. The Morgan fingerprint density at radius 2 is 2.22 bits per heavy atom. The van der Waals surface area contributed by atoms with Crippen LogP contribution in [-0.4, -0.2) is 18.8 Å². The van der Waals surface area contributed by atoms with Crippen molar-refractivity contribution in [1.29, 1.82) is 0 Å². The first-order valence-corrected chi connectivity index (χ1v) is 3.14. The predicted octanol–water partition coefficient (Wildman–Crippen LogP) is 1.24. The number of hydrogen-bond donors (Lipinski definition) is 0. The quantitative estimate of drug-likeness (QED) is 0.571. The Labute approximate surface area is 60.5 Å². The SMILES string of the molecule is CN(C)n1cccc1[S]. The first kappa shape index (κ1) is 6.42. The molecule has 0 saturated heterocycles. The van der Waals surface area contributed by atoms with Gasteiger partial charge in [-0.2, -0.15) is 0 Å². The topological polar surface area (TPSA) is 8.17 Å². The van der Waals surface area contributed by atoms with Crippen molar-refractivity contribution in [3.05, 3.63) is 18.3 Å². The van der Waals surface area contributed by atoms with Crippen molar-refractivity contribution in [2.45, 2.75) is 5.03 Å². The third-order valence-corrected chi connectivity index (χ3v) is 1.45. The van der Waals surface area contributed by atoms with Gasteiger partial charge in [0, 0.05) is 20.3 Å². The molecule has 1 radical (unpaired) electrons. The standard InChI is InChI=1S/C6H9N2S/c1-7(2)8-5-3-4-6(8)9/h3-5H,1-2H3. The molecule has 0 aliphatic rings. The number of rotatable bonds is 1. The summed E-state index contributed by atoms with van der Waals surface area (Å²) in [7, 11) is 3.91. The zero-order valence-electron chi connectivity index (χ0n) is 5.53. The van der Waals surface area contributed by atoms with Gasteiger partial charge in [-0.1, -0.05) is 12.6 Å². The van der Waals surface area contributed by atoms with Crippen LogP contribution >= 0.6 is 12.6 Å². The van der Waals surface area contributed by atoms with Crippen LogP contribution in [0.25, 0.3) is 0 Å². The third kappa shape index (κ3) is 1.16. The van der Waals surface area contributed by atoms with E-state index in [1.54, 1.807) is 0 Å². The van der Waals surface area contributed by atoms with Crippen molar-refractivity contribution in [2.24, 2.45) is 0 Å². The van der Waals surface area contributed by atoms with Crippen LogP contribution in [0.3, 0.4) is 0 Å². The van der Waals surface area contributed by atoms with Crippen LogP contribution in [0.1, 0.15) is 0 Å². The summed E-state index contributed by atoms with van der Waals surface area (Å²) in [5, 5.41) is 2.78. The van der Waals surface area contributed by atoms with E-state index in [0.29, 0.717) is 0 Å². The summed E-state index contributed by atoms with van der Waals surface area (Å²) in [6.07, 6.45) is 1.93. The van der Waals surface area contributed by atoms with E-state index in [4.69, 9.17) is 12.6 Å². The summed E-state index contributed by atoms with van der Waals surface area (Å²) < 4.78 is 1.90. The molecule has 49 valence electrons. The largest absolute Gasteiger partial charge is 0.318 e. The molecule has 3 heteroatoms. The fourth-order valence-corrected chi connectivity index (χ4v) is 0.990. The fraction of sp³-hybridized carbons (Fsp3) is 0.333. The highest BCUT2D eigenvalue weighted by atomic mass is 32.1. The van der Waals surface area contributed by atoms with Gasteiger partial charge in [0.1, 0.15) is 5.03 Å². The van der Waals surface area contributed by atoms with Gasteiger partial charge < -0.3 is 5.01 Å². The molecular formula is C6H9N2S. The van der Waals surface area contributed by atoms with Gasteiger partial charge in [0.05, 0.1) is 0 Å². The van der Waals surface area contributed by atoms with Gasteiger partial charge in [-0.15, -0.1) is 0 Å². The molecule has 0 aliphatic heterocycles. The normalized spacial score (nSPS) is 9.56. The maximum absolute atomic E-state index is 4.98. The molecular weight excluding hydrogens is 132 g/mol. The van der Waals surface area contributed by atoms with Gasteiger partial charge in [0.2, 0.25) is 0 Å². The molecule has 0 atom stereocenters. The molecule has 0 N–H and O–H groups in total. The molecule has 0 saturated carbocycles. The van der Waals surface area contributed by atoms with Crippen molar-refractivity contribution in [3.63, 3.8) is 0 Å². The molecule has 0 bridgehead atoms. The molecule has 0 unspecified atom stereocenters. The number of aromatic nitrogens is 1. The highest BCUT2D eigenvalue weighted by Gasteiger charge is 1.95. The van der Waals surface area contributed by atoms with E-state index in [0.717, 1.165) is 5.03 Å². The van der Waals surface area contributed by atoms with Crippen molar-refractivity contribution in [2.75, 3.05) is 19.1 Å². The Hall–Kier alpha value is -0.700. The summed E-state index contributed by atoms with van der Waals surface area (Å²) in [6.45, 7) is 0. The van der Waals surface area contributed by atoms with Gasteiger partial charge in [-0.25, -0.2) is 0 Å². The van der Waals surface area contributed by atoms with Gasteiger partial charge in [0.25, 0.3) is 0 Å². The molecule has 0 spiro atoms. The van der Waals surface area contributed by atoms with E-state index in [9.17, 15) is 0 Å². The lowest BCUT2D eigenvalue weighted by molar-refractivity contribution is 0.680. The Bertz CT molecular complexity index is 193. The molecule has 1 aromatic rings. The fourth-order valence-electron chi connectivity index (χ4n) is 0.687. The molecule has 0 amide bonds. The van der Waals surface area contributed by atoms with Gasteiger partial charge >= 0.3 is 0 Å². The minimum Gasteiger partial charge on any atom is -0.318 e. The lowest BCUT2D eigenvalue weighted by Crippen LogP contribution is -2.23. The molecule has 1 aromatic heterocycles. The zero-order chi connectivity index (χ0) is 6.85. The smallest absolute Gasteiger partial charge is 0.125 e. The molecule has 1 heterocycles. The van der Waals surface area contributed by atoms with E-state index < -0.39 is 0 Å². The van der Waals surface area contributed by atoms with Gasteiger partial charge in [0.15, 0.2) is 0 Å². The van der Waals surface area contributed by atoms with Crippen LogP contribution in [0.2, 0.25) is 0 Å². The van der Waals surface area contributed by atoms with E-state index in [1.807, 2.05) is 42.1 Å². The van der Waals surface area contributed by atoms with Crippen LogP contribution in [-0.2, 0) is 0 Å². The first-order valence-electron chi connectivity index (χ1n) is 2.74. The molecule has 2 nitrogen and oxygen atoms in total. The Morgan fingerprint density at radius 1 is 1.56 bits per heavy atom. The van der Waals surface area contributed by atoms with E-state index >= 15 is 0 Å². The van der Waals surface area contributed by atoms with Crippen LogP contribution < -0.4 is 5.01 Å². The Kier molecular flexibility index (Phi) is 1.62. The molecule has 1 rings (SSSR count). The maximum Gasteiger partial charge on any atom is 0.125 e. The van der Waals surface area contributed by atoms with Gasteiger partial charge in [-0.05, 0) is 12.1 Å². The van der Waals surface area contributed by atoms with Crippen molar-refractivity contribution in [3.8, 4) is 0 Å².